The summed E-state index contributed by atoms with van der Waals surface area (Å²) in [5.41, 5.74) is 0.525. The smallest absolute Gasteiger partial charge is 0.337 e. The number of carbonyl (C=O) groups is 1. The monoisotopic (exact) mass is 531 g/mol. The summed E-state index contributed by atoms with van der Waals surface area (Å²) in [5.74, 6) is -0.577. The van der Waals surface area contributed by atoms with E-state index < -0.39 is 20.4 Å². The number of nitrogens with zero attached hydrogens (tertiary/aromatic N) is 1. The molecule has 1 aliphatic heterocycles. The highest BCUT2D eigenvalue weighted by Crippen LogP contribution is 2.40. The lowest BCUT2D eigenvalue weighted by molar-refractivity contribution is 0.0698. The first-order valence-electron chi connectivity index (χ1n) is 9.32. The van der Waals surface area contributed by atoms with Crippen LogP contribution in [0.25, 0.3) is 10.9 Å². The van der Waals surface area contributed by atoms with E-state index in [9.17, 15) is 18.3 Å². The van der Waals surface area contributed by atoms with E-state index in [4.69, 9.17) is 34.8 Å². The van der Waals surface area contributed by atoms with Crippen LogP contribution in [-0.4, -0.2) is 47.9 Å². The molecule has 0 aliphatic carbocycles. The largest absolute Gasteiger partial charge is 0.478 e. The number of nitrogens with one attached hydrogen (secondary N) is 2. The van der Waals surface area contributed by atoms with Crippen molar-refractivity contribution in [3.63, 3.8) is 0 Å². The van der Waals surface area contributed by atoms with Gasteiger partial charge in [0.1, 0.15) is 9.48 Å². The summed E-state index contributed by atoms with van der Waals surface area (Å²) >= 11 is 19.8. The maximum absolute atomic E-state index is 13.5. The Bertz CT molecular complexity index is 1330. The predicted octanol–water partition coefficient (Wildman–Crippen LogP) is 5.07. The van der Waals surface area contributed by atoms with Crippen LogP contribution < -0.4 is 10.6 Å². The van der Waals surface area contributed by atoms with Gasteiger partial charge in [-0.15, -0.1) is 11.8 Å². The fraction of sp³-hybridized carbons (Fsp3) is 0.200. The molecule has 2 aromatic carbocycles. The molecule has 3 N–H and O–H groups in total. The molecular weight excluding hydrogens is 517 g/mol. The zero-order valence-corrected chi connectivity index (χ0v) is 20.1. The summed E-state index contributed by atoms with van der Waals surface area (Å²) in [4.78, 5) is 16.0. The summed E-state index contributed by atoms with van der Waals surface area (Å²) in [6.45, 7) is 0.998. The highest BCUT2D eigenvalue weighted by atomic mass is 35.5. The van der Waals surface area contributed by atoms with Gasteiger partial charge >= 0.3 is 5.97 Å². The highest BCUT2D eigenvalue weighted by Gasteiger charge is 2.33. The van der Waals surface area contributed by atoms with Crippen LogP contribution in [0.2, 0.25) is 15.1 Å². The van der Waals surface area contributed by atoms with Gasteiger partial charge in [0.25, 0.3) is 0 Å². The van der Waals surface area contributed by atoms with Crippen LogP contribution in [-0.2, 0) is 9.84 Å². The highest BCUT2D eigenvalue weighted by molar-refractivity contribution is 8.13. The molecule has 1 aliphatic rings. The molecule has 3 aromatic rings. The number of rotatable bonds is 5. The number of benzene rings is 2. The Labute approximate surface area is 203 Å². The molecule has 32 heavy (non-hydrogen) atoms. The first kappa shape index (κ1) is 23.4. The van der Waals surface area contributed by atoms with E-state index in [0.29, 0.717) is 16.7 Å². The van der Waals surface area contributed by atoms with Crippen LogP contribution in [0.4, 0.5) is 11.4 Å². The van der Waals surface area contributed by atoms with Crippen LogP contribution in [0.15, 0.2) is 41.4 Å². The number of carboxylic acids is 1. The number of thioether (sulfide) groups is 1. The SMILES string of the molecule is O=C(O)c1cc(Cl)ccc1Nc1c(S(=O)(=O)C2CNCCS2)cnc2c(Cl)cc(Cl)cc12. The van der Waals surface area contributed by atoms with Gasteiger partial charge in [0.05, 0.1) is 27.5 Å². The second-order valence-electron chi connectivity index (χ2n) is 6.95. The molecule has 1 fully saturated rings. The number of halogens is 3. The van der Waals surface area contributed by atoms with E-state index in [1.165, 1.54) is 42.2 Å². The molecule has 1 unspecified atom stereocenters. The number of hydrogen-bond donors (Lipinski definition) is 3. The number of carboxylic acid groups (broad SMARTS) is 1. The third-order valence-electron chi connectivity index (χ3n) is 4.87. The molecule has 2 heterocycles. The number of aromatic nitrogens is 1. The van der Waals surface area contributed by atoms with Gasteiger partial charge in [-0.1, -0.05) is 34.8 Å². The summed E-state index contributed by atoms with van der Waals surface area (Å²) in [7, 11) is -3.86. The molecule has 168 valence electrons. The van der Waals surface area contributed by atoms with Gasteiger partial charge in [0, 0.05) is 40.5 Å². The zero-order valence-electron chi connectivity index (χ0n) is 16.2. The van der Waals surface area contributed by atoms with Gasteiger partial charge in [-0.05, 0) is 30.3 Å². The van der Waals surface area contributed by atoms with Gasteiger partial charge in [-0.3, -0.25) is 4.98 Å². The topological polar surface area (TPSA) is 108 Å². The van der Waals surface area contributed by atoms with Crippen LogP contribution in [0.3, 0.4) is 0 Å². The minimum atomic E-state index is -3.86. The Morgan fingerprint density at radius 3 is 2.66 bits per heavy atom. The van der Waals surface area contributed by atoms with Crippen LogP contribution in [0.5, 0.6) is 0 Å². The number of fused-ring (bicyclic) bond motifs is 1. The average Bonchev–Trinajstić information content (AvgIpc) is 2.75. The van der Waals surface area contributed by atoms with Crippen LogP contribution in [0, 0.1) is 0 Å². The summed E-state index contributed by atoms with van der Waals surface area (Å²) in [6, 6.07) is 7.30. The van der Waals surface area contributed by atoms with E-state index in [1.807, 2.05) is 0 Å². The summed E-state index contributed by atoms with van der Waals surface area (Å²) < 4.78 is 26.4. The van der Waals surface area contributed by atoms with Crippen LogP contribution in [0.1, 0.15) is 10.4 Å². The second kappa shape index (κ2) is 9.24. The van der Waals surface area contributed by atoms with Gasteiger partial charge in [-0.25, -0.2) is 13.2 Å². The standard InChI is InChI=1S/C20H16Cl3N3O4S2/c21-10-1-2-15(12(5-10)20(27)28)26-19-13-6-11(22)7-14(23)18(13)25-8-16(19)32(29,30)17-9-24-3-4-31-17/h1-2,5-8,17,24H,3-4,9H2,(H,25,26)(H,27,28). The second-order valence-corrected chi connectivity index (χ2v) is 11.9. The lowest BCUT2D eigenvalue weighted by Crippen LogP contribution is -2.37. The van der Waals surface area contributed by atoms with Gasteiger partial charge < -0.3 is 15.7 Å². The summed E-state index contributed by atoms with van der Waals surface area (Å²) in [5, 5.41) is 16.8. The molecule has 12 heteroatoms. The molecule has 0 spiro atoms. The predicted molar refractivity (Wildman–Crippen MR) is 130 cm³/mol. The normalized spacial score (nSPS) is 16.8. The molecule has 0 amide bonds. The molecule has 7 nitrogen and oxygen atoms in total. The van der Waals surface area contributed by atoms with Crippen molar-refractivity contribution in [2.24, 2.45) is 0 Å². The maximum Gasteiger partial charge on any atom is 0.337 e. The Morgan fingerprint density at radius 2 is 1.97 bits per heavy atom. The minimum Gasteiger partial charge on any atom is -0.478 e. The van der Waals surface area contributed by atoms with Gasteiger partial charge in [0.15, 0.2) is 9.84 Å². The van der Waals surface area contributed by atoms with Crippen molar-refractivity contribution in [3.8, 4) is 0 Å². The third-order valence-corrected chi connectivity index (χ3v) is 9.54. The molecule has 0 radical (unpaired) electrons. The Morgan fingerprint density at radius 1 is 1.19 bits per heavy atom. The molecular formula is C20H16Cl3N3O4S2. The zero-order chi connectivity index (χ0) is 23.0. The third kappa shape index (κ3) is 4.50. The minimum absolute atomic E-state index is 0.0733. The lowest BCUT2D eigenvalue weighted by Gasteiger charge is -2.24. The first-order valence-corrected chi connectivity index (χ1v) is 13.0. The number of aromatic carboxylic acids is 1. The van der Waals surface area contributed by atoms with Crippen molar-refractivity contribution >= 4 is 84.6 Å². The van der Waals surface area contributed by atoms with Gasteiger partial charge in [-0.2, -0.15) is 0 Å². The summed E-state index contributed by atoms with van der Waals surface area (Å²) in [6.07, 6.45) is 1.24. The number of hydrogen-bond acceptors (Lipinski definition) is 7. The maximum atomic E-state index is 13.5. The van der Waals surface area contributed by atoms with Crippen molar-refractivity contribution in [2.75, 3.05) is 24.2 Å². The van der Waals surface area contributed by atoms with E-state index in [2.05, 4.69) is 15.6 Å². The average molecular weight is 533 g/mol. The first-order chi connectivity index (χ1) is 15.2. The molecule has 1 aromatic heterocycles. The van der Waals surface area contributed by atoms with Crippen molar-refractivity contribution < 1.29 is 18.3 Å². The molecule has 1 atom stereocenters. The van der Waals surface area contributed by atoms with E-state index >= 15 is 0 Å². The number of pyridine rings is 1. The van der Waals surface area contributed by atoms with E-state index in [1.54, 1.807) is 6.07 Å². The number of sulfone groups is 1. The molecule has 4 rings (SSSR count). The molecule has 1 saturated heterocycles. The Hall–Kier alpha value is -1.75. The van der Waals surface area contributed by atoms with Crippen LogP contribution >= 0.6 is 46.6 Å². The fourth-order valence-corrected chi connectivity index (χ4v) is 7.43. The molecule has 0 bridgehead atoms. The van der Waals surface area contributed by atoms with Crippen molar-refractivity contribution in [3.05, 3.63) is 57.2 Å². The fourth-order valence-electron chi connectivity index (χ4n) is 3.37. The number of anilines is 2. The van der Waals surface area contributed by atoms with Gasteiger partial charge in [0.2, 0.25) is 0 Å². The van der Waals surface area contributed by atoms with Crippen molar-refractivity contribution in [2.45, 2.75) is 9.48 Å². The van der Waals surface area contributed by atoms with Crippen molar-refractivity contribution in [1.29, 1.82) is 0 Å². The quantitative estimate of drug-likeness (QED) is 0.418. The Balaban J connectivity index is 1.97. The van der Waals surface area contributed by atoms with E-state index in [-0.39, 0.29) is 43.4 Å². The van der Waals surface area contributed by atoms with E-state index in [0.717, 1.165) is 6.54 Å². The lowest BCUT2D eigenvalue weighted by atomic mass is 10.1. The molecule has 0 saturated carbocycles. The Kier molecular flexibility index (Phi) is 6.76. The van der Waals surface area contributed by atoms with Crippen molar-refractivity contribution in [1.82, 2.24) is 10.3 Å².